The van der Waals surface area contributed by atoms with Gasteiger partial charge in [0.05, 0.1) is 0 Å². The third kappa shape index (κ3) is 4.06. The SMILES string of the molecule is CCCNC(Cc1nccn1CC)c1cccc(I)c1. The van der Waals surface area contributed by atoms with Gasteiger partial charge in [-0.3, -0.25) is 0 Å². The van der Waals surface area contributed by atoms with E-state index in [1.54, 1.807) is 0 Å². The number of imidazole rings is 1. The highest BCUT2D eigenvalue weighted by Crippen LogP contribution is 2.20. The zero-order valence-electron chi connectivity index (χ0n) is 12.1. The molecule has 2 rings (SSSR count). The lowest BCUT2D eigenvalue weighted by Crippen LogP contribution is -2.25. The van der Waals surface area contributed by atoms with E-state index in [1.807, 2.05) is 6.20 Å². The van der Waals surface area contributed by atoms with Gasteiger partial charge in [-0.2, -0.15) is 0 Å². The molecule has 0 amide bonds. The van der Waals surface area contributed by atoms with Crippen molar-refractivity contribution in [2.24, 2.45) is 0 Å². The summed E-state index contributed by atoms with van der Waals surface area (Å²) >= 11 is 2.37. The van der Waals surface area contributed by atoms with E-state index in [0.717, 1.165) is 31.8 Å². The van der Waals surface area contributed by atoms with Crippen LogP contribution in [0.25, 0.3) is 0 Å². The fraction of sp³-hybridized carbons (Fsp3) is 0.438. The minimum Gasteiger partial charge on any atom is -0.335 e. The predicted molar refractivity (Wildman–Crippen MR) is 91.8 cm³/mol. The first kappa shape index (κ1) is 15.5. The van der Waals surface area contributed by atoms with Crippen LogP contribution in [0, 0.1) is 3.57 Å². The quantitative estimate of drug-likeness (QED) is 0.738. The largest absolute Gasteiger partial charge is 0.335 e. The topological polar surface area (TPSA) is 29.9 Å². The first-order valence-electron chi connectivity index (χ1n) is 7.23. The van der Waals surface area contributed by atoms with Gasteiger partial charge in [-0.1, -0.05) is 19.1 Å². The van der Waals surface area contributed by atoms with Gasteiger partial charge in [-0.05, 0) is 60.2 Å². The molecule has 1 heterocycles. The third-order valence-electron chi connectivity index (χ3n) is 3.42. The third-order valence-corrected chi connectivity index (χ3v) is 4.09. The van der Waals surface area contributed by atoms with Gasteiger partial charge in [-0.15, -0.1) is 0 Å². The number of benzene rings is 1. The first-order chi connectivity index (χ1) is 9.74. The van der Waals surface area contributed by atoms with Crippen LogP contribution in [0.2, 0.25) is 0 Å². The second-order valence-corrected chi connectivity index (χ2v) is 6.14. The van der Waals surface area contributed by atoms with Gasteiger partial charge in [0.1, 0.15) is 5.82 Å². The molecule has 1 unspecified atom stereocenters. The molecule has 108 valence electrons. The maximum absolute atomic E-state index is 4.50. The molecule has 0 aliphatic carbocycles. The molecule has 20 heavy (non-hydrogen) atoms. The number of hydrogen-bond donors (Lipinski definition) is 1. The van der Waals surface area contributed by atoms with Gasteiger partial charge in [0, 0.05) is 35.0 Å². The molecule has 0 fully saturated rings. The number of halogens is 1. The van der Waals surface area contributed by atoms with Crippen LogP contribution in [0.5, 0.6) is 0 Å². The van der Waals surface area contributed by atoms with Crippen LogP contribution in [-0.4, -0.2) is 16.1 Å². The molecule has 4 heteroatoms. The molecule has 3 nitrogen and oxygen atoms in total. The Morgan fingerprint density at radius 3 is 2.90 bits per heavy atom. The van der Waals surface area contributed by atoms with Gasteiger partial charge in [0.15, 0.2) is 0 Å². The highest BCUT2D eigenvalue weighted by molar-refractivity contribution is 14.1. The van der Waals surface area contributed by atoms with E-state index in [-0.39, 0.29) is 0 Å². The molecule has 0 aliphatic heterocycles. The van der Waals surface area contributed by atoms with Crippen molar-refractivity contribution < 1.29 is 0 Å². The summed E-state index contributed by atoms with van der Waals surface area (Å²) in [7, 11) is 0. The van der Waals surface area contributed by atoms with Gasteiger partial charge >= 0.3 is 0 Å². The number of aryl methyl sites for hydroxylation is 1. The summed E-state index contributed by atoms with van der Waals surface area (Å²) in [6.45, 7) is 6.36. The molecule has 1 aromatic carbocycles. The second kappa shape index (κ2) is 7.78. The zero-order chi connectivity index (χ0) is 14.4. The van der Waals surface area contributed by atoms with Crippen LogP contribution < -0.4 is 5.32 Å². The van der Waals surface area contributed by atoms with Crippen molar-refractivity contribution in [3.8, 4) is 0 Å². The molecule has 1 aromatic heterocycles. The molecule has 0 saturated carbocycles. The number of aromatic nitrogens is 2. The van der Waals surface area contributed by atoms with Gasteiger partial charge in [-0.25, -0.2) is 4.98 Å². The Kier molecular flexibility index (Phi) is 6.04. The van der Waals surface area contributed by atoms with Crippen molar-refractivity contribution in [2.75, 3.05) is 6.54 Å². The van der Waals surface area contributed by atoms with E-state index < -0.39 is 0 Å². The van der Waals surface area contributed by atoms with Crippen LogP contribution in [-0.2, 0) is 13.0 Å². The number of hydrogen-bond acceptors (Lipinski definition) is 2. The Labute approximate surface area is 134 Å². The average Bonchev–Trinajstić information content (AvgIpc) is 2.90. The van der Waals surface area contributed by atoms with E-state index in [1.165, 1.54) is 9.13 Å². The Morgan fingerprint density at radius 1 is 1.35 bits per heavy atom. The molecule has 0 spiro atoms. The molecule has 1 atom stereocenters. The van der Waals surface area contributed by atoms with Crippen LogP contribution >= 0.6 is 22.6 Å². The van der Waals surface area contributed by atoms with Crippen molar-refractivity contribution in [3.63, 3.8) is 0 Å². The minimum atomic E-state index is 0.331. The Bertz CT molecular complexity index is 536. The zero-order valence-corrected chi connectivity index (χ0v) is 14.3. The summed E-state index contributed by atoms with van der Waals surface area (Å²) in [5, 5.41) is 3.65. The van der Waals surface area contributed by atoms with E-state index >= 15 is 0 Å². The Balaban J connectivity index is 2.19. The first-order valence-corrected chi connectivity index (χ1v) is 8.31. The lowest BCUT2D eigenvalue weighted by molar-refractivity contribution is 0.506. The summed E-state index contributed by atoms with van der Waals surface area (Å²) in [5.41, 5.74) is 1.34. The number of rotatable bonds is 7. The molecular formula is C16H22IN3. The van der Waals surface area contributed by atoms with Gasteiger partial charge < -0.3 is 9.88 Å². The number of nitrogens with zero attached hydrogens (tertiary/aromatic N) is 2. The smallest absolute Gasteiger partial charge is 0.110 e. The van der Waals surface area contributed by atoms with E-state index in [9.17, 15) is 0 Å². The summed E-state index contributed by atoms with van der Waals surface area (Å²) < 4.78 is 3.50. The van der Waals surface area contributed by atoms with Gasteiger partial charge in [0.25, 0.3) is 0 Å². The molecule has 2 aromatic rings. The van der Waals surface area contributed by atoms with Crippen LogP contribution in [0.3, 0.4) is 0 Å². The molecule has 1 N–H and O–H groups in total. The summed E-state index contributed by atoms with van der Waals surface area (Å²) in [4.78, 5) is 4.50. The van der Waals surface area contributed by atoms with Crippen LogP contribution in [0.1, 0.15) is 37.7 Å². The highest BCUT2D eigenvalue weighted by atomic mass is 127. The van der Waals surface area contributed by atoms with Crippen molar-refractivity contribution in [2.45, 2.75) is 39.3 Å². The fourth-order valence-corrected chi connectivity index (χ4v) is 2.92. The van der Waals surface area contributed by atoms with E-state index in [0.29, 0.717) is 6.04 Å². The molecule has 0 saturated heterocycles. The van der Waals surface area contributed by atoms with Crippen molar-refractivity contribution in [3.05, 3.63) is 51.6 Å². The Morgan fingerprint density at radius 2 is 2.20 bits per heavy atom. The summed E-state index contributed by atoms with van der Waals surface area (Å²) in [5.74, 6) is 1.15. The number of nitrogens with one attached hydrogen (secondary N) is 1. The van der Waals surface area contributed by atoms with E-state index in [4.69, 9.17) is 0 Å². The lowest BCUT2D eigenvalue weighted by atomic mass is 10.0. The second-order valence-electron chi connectivity index (χ2n) is 4.90. The summed E-state index contributed by atoms with van der Waals surface area (Å²) in [6, 6.07) is 9.05. The minimum absolute atomic E-state index is 0.331. The van der Waals surface area contributed by atoms with Crippen molar-refractivity contribution in [1.82, 2.24) is 14.9 Å². The van der Waals surface area contributed by atoms with Crippen LogP contribution in [0.4, 0.5) is 0 Å². The molecule has 0 aliphatic rings. The maximum atomic E-state index is 4.50. The Hall–Kier alpha value is -0.880. The molecular weight excluding hydrogens is 361 g/mol. The maximum Gasteiger partial charge on any atom is 0.110 e. The molecule has 0 bridgehead atoms. The van der Waals surface area contributed by atoms with Gasteiger partial charge in [0.2, 0.25) is 0 Å². The monoisotopic (exact) mass is 383 g/mol. The van der Waals surface area contributed by atoms with Crippen molar-refractivity contribution in [1.29, 1.82) is 0 Å². The highest BCUT2D eigenvalue weighted by Gasteiger charge is 2.14. The van der Waals surface area contributed by atoms with Crippen molar-refractivity contribution >= 4 is 22.6 Å². The predicted octanol–water partition coefficient (Wildman–Crippen LogP) is 3.79. The fourth-order valence-electron chi connectivity index (χ4n) is 2.35. The lowest BCUT2D eigenvalue weighted by Gasteiger charge is -2.19. The van der Waals surface area contributed by atoms with E-state index in [2.05, 4.69) is 81.8 Å². The standard InChI is InChI=1S/C16H22IN3/c1-3-8-18-15(13-6-5-7-14(17)11-13)12-16-19-9-10-20(16)4-2/h5-7,9-11,15,18H,3-4,8,12H2,1-2H3. The molecule has 0 radical (unpaired) electrons. The average molecular weight is 383 g/mol. The normalized spacial score (nSPS) is 12.6. The summed E-state index contributed by atoms with van der Waals surface area (Å²) in [6.07, 6.45) is 6.02. The van der Waals surface area contributed by atoms with Crippen LogP contribution in [0.15, 0.2) is 36.7 Å².